The topological polar surface area (TPSA) is 147 Å². The van der Waals surface area contributed by atoms with Gasteiger partial charge in [0.1, 0.15) is 11.0 Å². The van der Waals surface area contributed by atoms with Gasteiger partial charge < -0.3 is 15.4 Å². The molecule has 3 aromatic rings. The quantitative estimate of drug-likeness (QED) is 0.253. The number of aromatic nitrogens is 1. The van der Waals surface area contributed by atoms with E-state index >= 15 is 0 Å². The molecule has 2 aromatic carbocycles. The molecule has 0 radical (unpaired) electrons. The first-order valence-electron chi connectivity index (χ1n) is 11.6. The van der Waals surface area contributed by atoms with Crippen molar-refractivity contribution in [2.45, 2.75) is 44.7 Å². The highest BCUT2D eigenvalue weighted by molar-refractivity contribution is 7.87. The SMILES string of the molecule is CCCc1csc(C(Cc2cccc(NS(=O)(=O)O)c2)NC(=O)C(Cc2ccccc2)NC(=O)OC)n1. The molecule has 0 saturated carbocycles. The number of nitrogens with one attached hydrogen (secondary N) is 3. The summed E-state index contributed by atoms with van der Waals surface area (Å²) in [6, 6.07) is 14.3. The van der Waals surface area contributed by atoms with Crippen molar-refractivity contribution < 1.29 is 27.3 Å². The van der Waals surface area contributed by atoms with Crippen LogP contribution in [-0.4, -0.2) is 43.1 Å². The van der Waals surface area contributed by atoms with Crippen LogP contribution in [0, 0.1) is 0 Å². The number of amides is 2. The van der Waals surface area contributed by atoms with Crippen molar-refractivity contribution in [1.82, 2.24) is 15.6 Å². The fraction of sp³-hybridized carbons (Fsp3) is 0.320. The molecule has 10 nitrogen and oxygen atoms in total. The number of ether oxygens (including phenoxy) is 1. The highest BCUT2D eigenvalue weighted by Gasteiger charge is 2.26. The van der Waals surface area contributed by atoms with E-state index in [1.807, 2.05) is 40.4 Å². The fourth-order valence-electron chi connectivity index (χ4n) is 3.73. The van der Waals surface area contributed by atoms with Gasteiger partial charge in [-0.1, -0.05) is 55.8 Å². The van der Waals surface area contributed by atoms with Crippen molar-refractivity contribution in [2.24, 2.45) is 0 Å². The zero-order valence-electron chi connectivity index (χ0n) is 20.5. The molecule has 0 aliphatic rings. The van der Waals surface area contributed by atoms with E-state index in [4.69, 9.17) is 14.3 Å². The van der Waals surface area contributed by atoms with Gasteiger partial charge in [0, 0.05) is 11.8 Å². The Hall–Kier alpha value is -3.48. The number of rotatable bonds is 12. The molecular weight excluding hydrogens is 516 g/mol. The lowest BCUT2D eigenvalue weighted by Crippen LogP contribution is -2.49. The van der Waals surface area contributed by atoms with E-state index in [0.717, 1.165) is 24.1 Å². The van der Waals surface area contributed by atoms with E-state index in [-0.39, 0.29) is 12.1 Å². The second-order valence-electron chi connectivity index (χ2n) is 8.35. The second kappa shape index (κ2) is 13.2. The van der Waals surface area contributed by atoms with Crippen LogP contribution < -0.4 is 15.4 Å². The molecule has 4 N–H and O–H groups in total. The molecule has 1 heterocycles. The molecule has 2 amide bonds. The van der Waals surface area contributed by atoms with Gasteiger partial charge in [-0.15, -0.1) is 11.3 Å². The molecule has 0 fully saturated rings. The lowest BCUT2D eigenvalue weighted by molar-refractivity contribution is -0.123. The Morgan fingerprint density at radius 1 is 1.05 bits per heavy atom. The van der Waals surface area contributed by atoms with Gasteiger partial charge in [0.05, 0.1) is 24.5 Å². The van der Waals surface area contributed by atoms with Crippen molar-refractivity contribution in [3.63, 3.8) is 0 Å². The van der Waals surface area contributed by atoms with E-state index in [9.17, 15) is 18.0 Å². The molecule has 12 heteroatoms. The fourth-order valence-corrected chi connectivity index (χ4v) is 5.06. The lowest BCUT2D eigenvalue weighted by Gasteiger charge is -2.22. The Morgan fingerprint density at radius 2 is 1.78 bits per heavy atom. The Morgan fingerprint density at radius 3 is 2.46 bits per heavy atom. The predicted molar refractivity (Wildman–Crippen MR) is 142 cm³/mol. The smallest absolute Gasteiger partial charge is 0.407 e. The largest absolute Gasteiger partial charge is 0.453 e. The Labute approximate surface area is 220 Å². The second-order valence-corrected chi connectivity index (χ2v) is 10.4. The third-order valence-corrected chi connectivity index (χ3v) is 6.88. The summed E-state index contributed by atoms with van der Waals surface area (Å²) in [6.45, 7) is 2.05. The molecule has 2 atom stereocenters. The summed E-state index contributed by atoms with van der Waals surface area (Å²) in [5.74, 6) is -0.418. The molecule has 3 rings (SSSR count). The van der Waals surface area contributed by atoms with Gasteiger partial charge in [0.25, 0.3) is 0 Å². The van der Waals surface area contributed by atoms with Gasteiger partial charge in [-0.25, -0.2) is 9.78 Å². The molecule has 0 aliphatic heterocycles. The molecular formula is C25H30N4O6S2. The number of carbonyl (C=O) groups excluding carboxylic acids is 2. The third kappa shape index (κ3) is 9.16. The highest BCUT2D eigenvalue weighted by atomic mass is 32.2. The Bertz CT molecular complexity index is 1300. The third-order valence-electron chi connectivity index (χ3n) is 5.38. The van der Waals surface area contributed by atoms with Crippen molar-refractivity contribution >= 4 is 39.3 Å². The van der Waals surface area contributed by atoms with E-state index in [2.05, 4.69) is 17.6 Å². The monoisotopic (exact) mass is 546 g/mol. The van der Waals surface area contributed by atoms with Crippen molar-refractivity contribution in [3.8, 4) is 0 Å². The average molecular weight is 547 g/mol. The number of alkyl carbamates (subject to hydrolysis) is 1. The number of thiazole rings is 1. The lowest BCUT2D eigenvalue weighted by atomic mass is 10.0. The molecule has 0 spiro atoms. The number of hydrogen-bond donors (Lipinski definition) is 4. The number of anilines is 1. The van der Waals surface area contributed by atoms with Crippen LogP contribution in [0.15, 0.2) is 60.0 Å². The maximum Gasteiger partial charge on any atom is 0.407 e. The van der Waals surface area contributed by atoms with Gasteiger partial charge in [0.2, 0.25) is 5.91 Å². The summed E-state index contributed by atoms with van der Waals surface area (Å²) in [5.41, 5.74) is 2.66. The van der Waals surface area contributed by atoms with Crippen molar-refractivity contribution in [3.05, 3.63) is 81.8 Å². The van der Waals surface area contributed by atoms with Gasteiger partial charge in [-0.05, 0) is 36.1 Å². The molecule has 198 valence electrons. The van der Waals surface area contributed by atoms with E-state index in [1.54, 1.807) is 18.2 Å². The first-order valence-corrected chi connectivity index (χ1v) is 14.0. The number of aryl methyl sites for hydroxylation is 1. The minimum absolute atomic E-state index is 0.185. The summed E-state index contributed by atoms with van der Waals surface area (Å²) in [5, 5.41) is 8.24. The number of methoxy groups -OCH3 is 1. The maximum absolute atomic E-state index is 13.4. The number of nitrogens with zero attached hydrogens (tertiary/aromatic N) is 1. The van der Waals surface area contributed by atoms with Crippen LogP contribution in [-0.2, 0) is 39.1 Å². The summed E-state index contributed by atoms with van der Waals surface area (Å²) in [4.78, 5) is 30.1. The summed E-state index contributed by atoms with van der Waals surface area (Å²) >= 11 is 1.42. The van der Waals surface area contributed by atoms with E-state index in [1.165, 1.54) is 24.5 Å². The zero-order chi connectivity index (χ0) is 26.8. The minimum Gasteiger partial charge on any atom is -0.453 e. The molecule has 1 aromatic heterocycles. The summed E-state index contributed by atoms with van der Waals surface area (Å²) in [7, 11) is -3.20. The zero-order valence-corrected chi connectivity index (χ0v) is 22.1. The minimum atomic E-state index is -4.43. The Balaban J connectivity index is 1.87. The van der Waals surface area contributed by atoms with Gasteiger partial charge >= 0.3 is 16.4 Å². The maximum atomic E-state index is 13.4. The summed E-state index contributed by atoms with van der Waals surface area (Å²) < 4.78 is 38.4. The first-order chi connectivity index (χ1) is 17.7. The molecule has 0 bridgehead atoms. The molecule has 0 saturated heterocycles. The van der Waals surface area contributed by atoms with Gasteiger partial charge in [0.15, 0.2) is 0 Å². The number of carbonyl (C=O) groups is 2. The Kier molecular flexibility index (Phi) is 10.0. The number of benzene rings is 2. The van der Waals surface area contributed by atoms with Gasteiger partial charge in [-0.2, -0.15) is 8.42 Å². The standard InChI is InChI=1S/C25H30N4O6S2/c1-3-8-20-16-36-24(26-20)22(15-18-11-7-12-19(13-18)29-37(32,33)34)27-23(30)21(28-25(31)35-2)14-17-9-5-4-6-10-17/h4-7,9-13,16,21-22,29H,3,8,14-15H2,1-2H3,(H,27,30)(H,28,31)(H,32,33,34). The molecule has 2 unspecified atom stereocenters. The van der Waals surface area contributed by atoms with Gasteiger partial charge in [-0.3, -0.25) is 14.1 Å². The van der Waals surface area contributed by atoms with E-state index < -0.39 is 34.4 Å². The first kappa shape index (κ1) is 28.1. The van der Waals surface area contributed by atoms with E-state index in [0.29, 0.717) is 17.0 Å². The predicted octanol–water partition coefficient (Wildman–Crippen LogP) is 3.68. The summed E-state index contributed by atoms with van der Waals surface area (Å²) in [6.07, 6.45) is 1.54. The number of hydrogen-bond acceptors (Lipinski definition) is 7. The average Bonchev–Trinajstić information content (AvgIpc) is 3.32. The van der Waals surface area contributed by atoms with Crippen LogP contribution in [0.4, 0.5) is 10.5 Å². The van der Waals surface area contributed by atoms with Crippen molar-refractivity contribution in [1.29, 1.82) is 0 Å². The molecule has 0 aliphatic carbocycles. The molecule has 37 heavy (non-hydrogen) atoms. The van der Waals surface area contributed by atoms with Crippen LogP contribution in [0.5, 0.6) is 0 Å². The van der Waals surface area contributed by atoms with Crippen LogP contribution in [0.25, 0.3) is 0 Å². The van der Waals surface area contributed by atoms with Crippen LogP contribution in [0.2, 0.25) is 0 Å². The normalized spacial score (nSPS) is 12.8. The van der Waals surface area contributed by atoms with Crippen LogP contribution >= 0.6 is 11.3 Å². The van der Waals surface area contributed by atoms with Crippen molar-refractivity contribution in [2.75, 3.05) is 11.8 Å². The van der Waals surface area contributed by atoms with Crippen LogP contribution in [0.3, 0.4) is 0 Å². The van der Waals surface area contributed by atoms with Crippen LogP contribution in [0.1, 0.15) is 41.2 Å². The highest BCUT2D eigenvalue weighted by Crippen LogP contribution is 2.25.